The van der Waals surface area contributed by atoms with Gasteiger partial charge in [-0.1, -0.05) is 6.07 Å². The number of anilines is 1. The molecule has 10 nitrogen and oxygen atoms in total. The van der Waals surface area contributed by atoms with Crippen LogP contribution in [0.3, 0.4) is 0 Å². The molecule has 1 aliphatic rings. The number of carbonyl (C=O) groups excluding carboxylic acids is 3. The van der Waals surface area contributed by atoms with E-state index in [1.54, 1.807) is 59.6 Å². The Balaban J connectivity index is 1.37. The van der Waals surface area contributed by atoms with Crippen molar-refractivity contribution in [3.8, 4) is 11.8 Å². The molecule has 0 saturated carbocycles. The predicted octanol–water partition coefficient (Wildman–Crippen LogP) is 4.92. The Hall–Kier alpha value is -3.71. The summed E-state index contributed by atoms with van der Waals surface area (Å²) in [4.78, 5) is 52.3. The van der Waals surface area contributed by atoms with Crippen molar-refractivity contribution in [1.29, 1.82) is 0 Å². The molecule has 1 saturated heterocycles. The Bertz CT molecular complexity index is 1580. The monoisotopic (exact) mass is 658 g/mol. The lowest BCUT2D eigenvalue weighted by Crippen LogP contribution is -2.44. The summed E-state index contributed by atoms with van der Waals surface area (Å²) >= 11 is 6.51. The van der Waals surface area contributed by atoms with E-state index in [4.69, 9.17) is 4.74 Å². The van der Waals surface area contributed by atoms with E-state index in [9.17, 15) is 18.8 Å². The maximum atomic E-state index is 14.4. The number of hydrogen-bond acceptors (Lipinski definition) is 7. The van der Waals surface area contributed by atoms with Crippen molar-refractivity contribution < 1.29 is 23.5 Å². The average Bonchev–Trinajstić information content (AvgIpc) is 3.46. The second kappa shape index (κ2) is 11.2. The van der Waals surface area contributed by atoms with Crippen LogP contribution in [0.1, 0.15) is 23.7 Å². The van der Waals surface area contributed by atoms with Gasteiger partial charge >= 0.3 is 6.01 Å². The van der Waals surface area contributed by atoms with Crippen LogP contribution < -0.4 is 10.1 Å². The number of rotatable bonds is 7. The summed E-state index contributed by atoms with van der Waals surface area (Å²) in [5.41, 5.74) is 0.993. The number of amides is 2. The largest absolute Gasteiger partial charge is 0.424 e. The zero-order valence-electron chi connectivity index (χ0n) is 20.5. The summed E-state index contributed by atoms with van der Waals surface area (Å²) in [6.45, 7) is 1.04. The first-order valence-corrected chi connectivity index (χ1v) is 13.4. The number of fused-ring (bicyclic) bond motifs is 1. The van der Waals surface area contributed by atoms with Crippen molar-refractivity contribution in [2.75, 3.05) is 11.9 Å². The summed E-state index contributed by atoms with van der Waals surface area (Å²) in [6.07, 6.45) is 3.22. The lowest BCUT2D eigenvalue weighted by atomic mass is 10.1. The molecule has 13 heteroatoms. The Morgan fingerprint density at radius 2 is 1.92 bits per heavy atom. The Morgan fingerprint density at radius 1 is 1.15 bits per heavy atom. The molecule has 0 radical (unpaired) electrons. The Morgan fingerprint density at radius 3 is 2.64 bits per heavy atom. The molecule has 0 aliphatic carbocycles. The third-order valence-corrected chi connectivity index (χ3v) is 7.03. The van der Waals surface area contributed by atoms with Gasteiger partial charge in [0.15, 0.2) is 5.78 Å². The normalized spacial score (nSPS) is 16.9. The quantitative estimate of drug-likeness (QED) is 0.221. The van der Waals surface area contributed by atoms with Gasteiger partial charge in [-0.3, -0.25) is 14.4 Å². The van der Waals surface area contributed by atoms with Crippen molar-refractivity contribution in [3.63, 3.8) is 0 Å². The molecule has 39 heavy (non-hydrogen) atoms. The van der Waals surface area contributed by atoms with E-state index in [1.165, 1.54) is 11.8 Å². The van der Waals surface area contributed by atoms with Crippen LogP contribution in [-0.4, -0.2) is 60.8 Å². The van der Waals surface area contributed by atoms with Gasteiger partial charge in [0.1, 0.15) is 34.9 Å². The van der Waals surface area contributed by atoms with Gasteiger partial charge in [-0.25, -0.2) is 19.3 Å². The summed E-state index contributed by atoms with van der Waals surface area (Å²) in [5, 5.41) is 3.23. The number of Topliss-reactive ketones (excluding diaryl/α,β-unsaturated/α-hetero) is 1. The minimum absolute atomic E-state index is 0.116. The molecule has 1 aromatic carbocycles. The number of nitrogens with zero attached hydrogens (tertiary/aromatic N) is 5. The van der Waals surface area contributed by atoms with Crippen LogP contribution in [0.2, 0.25) is 0 Å². The molecule has 0 unspecified atom stereocenters. The van der Waals surface area contributed by atoms with Gasteiger partial charge in [0.25, 0.3) is 0 Å². The van der Waals surface area contributed by atoms with E-state index in [-0.39, 0.29) is 37.1 Å². The number of nitrogens with one attached hydrogen (secondary N) is 1. The average molecular weight is 660 g/mol. The summed E-state index contributed by atoms with van der Waals surface area (Å²) in [5.74, 6) is -0.472. The number of hydrogen-bond donors (Lipinski definition) is 1. The van der Waals surface area contributed by atoms with Crippen LogP contribution in [0.15, 0.2) is 64.1 Å². The SMILES string of the molecule is CC(=O)c1cn(CC(=O)N2C[C@H](F)C[C@H]2C(=O)Nc2cccc(Br)n2)c2ccc(Oc3ncc(Br)cn3)cc12. The second-order valence-electron chi connectivity index (χ2n) is 8.92. The molecule has 4 heterocycles. The predicted molar refractivity (Wildman–Crippen MR) is 147 cm³/mol. The van der Waals surface area contributed by atoms with Crippen molar-refractivity contribution >= 4 is 66.2 Å². The summed E-state index contributed by atoms with van der Waals surface area (Å²) in [6, 6.07) is 9.22. The van der Waals surface area contributed by atoms with E-state index in [1.807, 2.05) is 0 Å². The molecule has 200 valence electrons. The third-order valence-electron chi connectivity index (χ3n) is 6.18. The van der Waals surface area contributed by atoms with E-state index in [0.717, 1.165) is 0 Å². The number of ketones is 1. The van der Waals surface area contributed by atoms with Gasteiger partial charge in [0, 0.05) is 41.5 Å². The molecule has 1 N–H and O–H groups in total. The molecule has 5 rings (SSSR count). The molecular weight excluding hydrogens is 639 g/mol. The molecule has 0 bridgehead atoms. The van der Waals surface area contributed by atoms with Gasteiger partial charge in [0.2, 0.25) is 11.8 Å². The van der Waals surface area contributed by atoms with E-state index in [2.05, 4.69) is 52.1 Å². The summed E-state index contributed by atoms with van der Waals surface area (Å²) in [7, 11) is 0. The second-order valence-corrected chi connectivity index (χ2v) is 10.6. The lowest BCUT2D eigenvalue weighted by Gasteiger charge is -2.24. The maximum Gasteiger partial charge on any atom is 0.321 e. The topological polar surface area (TPSA) is 119 Å². The molecule has 2 amide bonds. The van der Waals surface area contributed by atoms with Crippen LogP contribution in [0, 0.1) is 0 Å². The molecular formula is C26H21Br2FN6O4. The zero-order chi connectivity index (χ0) is 27.7. The number of aromatic nitrogens is 4. The number of pyridine rings is 1. The molecule has 2 atom stereocenters. The number of halogens is 3. The highest BCUT2D eigenvalue weighted by molar-refractivity contribution is 9.10. The highest BCUT2D eigenvalue weighted by Crippen LogP contribution is 2.30. The number of likely N-dealkylation sites (tertiary alicyclic amines) is 1. The highest BCUT2D eigenvalue weighted by atomic mass is 79.9. The van der Waals surface area contributed by atoms with Crippen LogP contribution >= 0.6 is 31.9 Å². The first-order valence-electron chi connectivity index (χ1n) is 11.8. The fourth-order valence-electron chi connectivity index (χ4n) is 4.44. The van der Waals surface area contributed by atoms with Gasteiger partial charge in [-0.05, 0) is 69.1 Å². The Kier molecular flexibility index (Phi) is 7.71. The van der Waals surface area contributed by atoms with Gasteiger partial charge in [-0.15, -0.1) is 0 Å². The van der Waals surface area contributed by atoms with E-state index in [0.29, 0.717) is 31.3 Å². The van der Waals surface area contributed by atoms with Crippen molar-refractivity contribution in [2.24, 2.45) is 0 Å². The van der Waals surface area contributed by atoms with Crippen LogP contribution in [0.25, 0.3) is 10.9 Å². The molecule has 1 aliphatic heterocycles. The number of alkyl halides is 1. The van der Waals surface area contributed by atoms with Crippen LogP contribution in [0.5, 0.6) is 11.8 Å². The molecule has 1 fully saturated rings. The van der Waals surface area contributed by atoms with Gasteiger partial charge < -0.3 is 19.5 Å². The molecule has 0 spiro atoms. The molecule has 4 aromatic rings. The van der Waals surface area contributed by atoms with Crippen LogP contribution in [0.4, 0.5) is 10.2 Å². The fraction of sp³-hybridized carbons (Fsp3) is 0.231. The van der Waals surface area contributed by atoms with Crippen molar-refractivity contribution in [1.82, 2.24) is 24.4 Å². The summed E-state index contributed by atoms with van der Waals surface area (Å²) < 4.78 is 23.0. The zero-order valence-corrected chi connectivity index (χ0v) is 23.6. The number of carbonyl (C=O) groups is 3. The van der Waals surface area contributed by atoms with Gasteiger partial charge in [0.05, 0.1) is 11.0 Å². The molecule has 3 aromatic heterocycles. The van der Waals surface area contributed by atoms with E-state index < -0.39 is 24.0 Å². The van der Waals surface area contributed by atoms with Gasteiger partial charge in [-0.2, -0.15) is 0 Å². The smallest absolute Gasteiger partial charge is 0.321 e. The standard InChI is InChI=1S/C26H21Br2FN6O4/c1-14(36)19-12-34(20-6-5-17(8-18(19)20)39-26-30-9-15(27)10-31-26)13-24(37)35-11-16(29)7-21(35)25(38)33-23-4-2-3-22(28)32-23/h2-6,8-10,12,16,21H,7,11,13H2,1H3,(H,32,33,38)/t16-,21+/m1/s1. The van der Waals surface area contributed by atoms with Crippen molar-refractivity contribution in [3.05, 3.63) is 69.6 Å². The van der Waals surface area contributed by atoms with E-state index >= 15 is 0 Å². The van der Waals surface area contributed by atoms with Crippen molar-refractivity contribution in [2.45, 2.75) is 32.1 Å². The number of ether oxygens (including phenoxy) is 1. The maximum absolute atomic E-state index is 14.4. The minimum Gasteiger partial charge on any atom is -0.424 e. The number of benzene rings is 1. The Labute approximate surface area is 238 Å². The third kappa shape index (κ3) is 5.98. The first kappa shape index (κ1) is 26.9. The highest BCUT2D eigenvalue weighted by Gasteiger charge is 2.40. The fourth-order valence-corrected chi connectivity index (χ4v) is 4.99. The lowest BCUT2D eigenvalue weighted by molar-refractivity contribution is -0.137. The minimum atomic E-state index is -1.34. The first-order chi connectivity index (χ1) is 18.7. The van der Waals surface area contributed by atoms with Crippen LogP contribution in [-0.2, 0) is 16.1 Å².